The number of aliphatic hydroxyl groups excluding tert-OH is 2. The Bertz CT molecular complexity index is 520. The van der Waals surface area contributed by atoms with Gasteiger partial charge in [-0.05, 0) is 41.5 Å². The number of fused-ring (bicyclic) bond motifs is 1. The molecule has 0 saturated carbocycles. The molecule has 0 aliphatic rings. The summed E-state index contributed by atoms with van der Waals surface area (Å²) in [7, 11) is 1.63. The van der Waals surface area contributed by atoms with Gasteiger partial charge in [-0.25, -0.2) is 0 Å². The molecule has 90 valence electrons. The topological polar surface area (TPSA) is 49.7 Å². The summed E-state index contributed by atoms with van der Waals surface area (Å²) in [5.41, 5.74) is 0.720. The van der Waals surface area contributed by atoms with Crippen molar-refractivity contribution < 1.29 is 14.9 Å². The zero-order valence-electron chi connectivity index (χ0n) is 9.92. The van der Waals surface area contributed by atoms with Crippen LogP contribution in [0, 0.1) is 0 Å². The molecule has 0 amide bonds. The van der Waals surface area contributed by atoms with Crippen LogP contribution >= 0.6 is 0 Å². The average molecular weight is 232 g/mol. The summed E-state index contributed by atoms with van der Waals surface area (Å²) in [5.74, 6) is 0.807. The molecule has 0 heterocycles. The van der Waals surface area contributed by atoms with Gasteiger partial charge in [0.2, 0.25) is 0 Å². The fourth-order valence-electron chi connectivity index (χ4n) is 1.83. The Hall–Kier alpha value is -1.58. The molecular weight excluding hydrogens is 216 g/mol. The summed E-state index contributed by atoms with van der Waals surface area (Å²) in [6.07, 6.45) is -1.62. The number of hydrogen-bond acceptors (Lipinski definition) is 3. The average Bonchev–Trinajstić information content (AvgIpc) is 2.36. The summed E-state index contributed by atoms with van der Waals surface area (Å²) in [4.78, 5) is 0. The summed E-state index contributed by atoms with van der Waals surface area (Å²) in [6, 6.07) is 11.4. The van der Waals surface area contributed by atoms with Crippen molar-refractivity contribution in [2.24, 2.45) is 0 Å². The Morgan fingerprint density at radius 1 is 1.00 bits per heavy atom. The number of hydrogen-bond donors (Lipinski definition) is 2. The van der Waals surface area contributed by atoms with Crippen LogP contribution < -0.4 is 4.74 Å². The van der Waals surface area contributed by atoms with E-state index in [2.05, 4.69) is 0 Å². The van der Waals surface area contributed by atoms with Crippen molar-refractivity contribution in [3.8, 4) is 5.75 Å². The predicted molar refractivity (Wildman–Crippen MR) is 67.1 cm³/mol. The number of aliphatic hydroxyl groups is 2. The van der Waals surface area contributed by atoms with E-state index >= 15 is 0 Å². The molecule has 17 heavy (non-hydrogen) atoms. The van der Waals surface area contributed by atoms with Gasteiger partial charge in [0, 0.05) is 0 Å². The second-order valence-electron chi connectivity index (χ2n) is 4.16. The Morgan fingerprint density at radius 2 is 1.65 bits per heavy atom. The fourth-order valence-corrected chi connectivity index (χ4v) is 1.83. The van der Waals surface area contributed by atoms with E-state index in [1.165, 1.54) is 0 Å². The second-order valence-corrected chi connectivity index (χ2v) is 4.16. The number of rotatable bonds is 3. The maximum atomic E-state index is 9.78. The molecule has 2 aromatic rings. The van der Waals surface area contributed by atoms with E-state index in [1.807, 2.05) is 36.4 Å². The quantitative estimate of drug-likeness (QED) is 0.853. The highest BCUT2D eigenvalue weighted by atomic mass is 16.5. The van der Waals surface area contributed by atoms with Crippen molar-refractivity contribution in [3.05, 3.63) is 42.0 Å². The lowest BCUT2D eigenvalue weighted by atomic mass is 10.0. The minimum Gasteiger partial charge on any atom is -0.497 e. The molecule has 0 fully saturated rings. The Morgan fingerprint density at radius 3 is 2.29 bits per heavy atom. The molecule has 2 aromatic carbocycles. The first-order valence-corrected chi connectivity index (χ1v) is 5.55. The van der Waals surface area contributed by atoms with Crippen molar-refractivity contribution in [2.45, 2.75) is 19.1 Å². The second kappa shape index (κ2) is 4.73. The maximum Gasteiger partial charge on any atom is 0.119 e. The van der Waals surface area contributed by atoms with Gasteiger partial charge < -0.3 is 14.9 Å². The molecule has 0 bridgehead atoms. The van der Waals surface area contributed by atoms with Crippen LogP contribution in [0.5, 0.6) is 5.75 Å². The number of methoxy groups -OCH3 is 1. The predicted octanol–water partition coefficient (Wildman–Crippen LogP) is 2.26. The van der Waals surface area contributed by atoms with Gasteiger partial charge in [-0.15, -0.1) is 0 Å². The Kier molecular flexibility index (Phi) is 3.31. The molecule has 0 spiro atoms. The molecule has 3 heteroatoms. The normalized spacial score (nSPS) is 14.6. The first-order chi connectivity index (χ1) is 8.11. The van der Waals surface area contributed by atoms with Crippen molar-refractivity contribution >= 4 is 10.8 Å². The lowest BCUT2D eigenvalue weighted by Crippen LogP contribution is -2.13. The van der Waals surface area contributed by atoms with Gasteiger partial charge in [-0.2, -0.15) is 0 Å². The molecule has 0 saturated heterocycles. The van der Waals surface area contributed by atoms with Crippen LogP contribution in [-0.2, 0) is 0 Å². The lowest BCUT2D eigenvalue weighted by molar-refractivity contribution is 0.0306. The molecule has 3 nitrogen and oxygen atoms in total. The van der Waals surface area contributed by atoms with Crippen LogP contribution in [0.2, 0.25) is 0 Å². The molecular formula is C14H16O3. The number of benzene rings is 2. The van der Waals surface area contributed by atoms with E-state index in [9.17, 15) is 10.2 Å². The van der Waals surface area contributed by atoms with Crippen LogP contribution in [-0.4, -0.2) is 23.4 Å². The Labute approximate surface area is 100 Å². The molecule has 2 rings (SSSR count). The van der Waals surface area contributed by atoms with Gasteiger partial charge >= 0.3 is 0 Å². The molecule has 2 N–H and O–H groups in total. The molecule has 0 aliphatic carbocycles. The van der Waals surface area contributed by atoms with E-state index < -0.39 is 12.2 Å². The fraction of sp³-hybridized carbons (Fsp3) is 0.286. The number of ether oxygens (including phenoxy) is 1. The van der Waals surface area contributed by atoms with Crippen LogP contribution in [0.4, 0.5) is 0 Å². The molecule has 2 atom stereocenters. The van der Waals surface area contributed by atoms with Crippen LogP contribution in [0.15, 0.2) is 36.4 Å². The molecule has 0 unspecified atom stereocenters. The smallest absolute Gasteiger partial charge is 0.119 e. The minimum absolute atomic E-state index is 0.720. The summed E-state index contributed by atoms with van der Waals surface area (Å²) < 4.78 is 5.15. The lowest BCUT2D eigenvalue weighted by Gasteiger charge is -2.14. The van der Waals surface area contributed by atoms with E-state index in [-0.39, 0.29) is 0 Å². The third kappa shape index (κ3) is 2.40. The van der Waals surface area contributed by atoms with Crippen LogP contribution in [0.1, 0.15) is 18.6 Å². The highest BCUT2D eigenvalue weighted by Gasteiger charge is 2.13. The molecule has 0 radical (unpaired) electrons. The minimum atomic E-state index is -0.846. The van der Waals surface area contributed by atoms with Gasteiger partial charge in [0.1, 0.15) is 11.9 Å². The zero-order valence-corrected chi connectivity index (χ0v) is 9.92. The van der Waals surface area contributed by atoms with Gasteiger partial charge in [0.25, 0.3) is 0 Å². The first-order valence-electron chi connectivity index (χ1n) is 5.55. The third-order valence-corrected chi connectivity index (χ3v) is 2.87. The van der Waals surface area contributed by atoms with Gasteiger partial charge in [-0.3, -0.25) is 0 Å². The van der Waals surface area contributed by atoms with E-state index in [1.54, 1.807) is 14.0 Å². The molecule has 0 aromatic heterocycles. The summed E-state index contributed by atoms with van der Waals surface area (Å²) >= 11 is 0. The highest BCUT2D eigenvalue weighted by Crippen LogP contribution is 2.25. The van der Waals surface area contributed by atoms with Crippen molar-refractivity contribution in [2.75, 3.05) is 7.11 Å². The van der Waals surface area contributed by atoms with Crippen LogP contribution in [0.25, 0.3) is 10.8 Å². The van der Waals surface area contributed by atoms with Gasteiger partial charge in [-0.1, -0.05) is 18.2 Å². The summed E-state index contributed by atoms with van der Waals surface area (Å²) in [6.45, 7) is 1.57. The largest absolute Gasteiger partial charge is 0.497 e. The van der Waals surface area contributed by atoms with Crippen molar-refractivity contribution in [1.29, 1.82) is 0 Å². The van der Waals surface area contributed by atoms with E-state index in [4.69, 9.17) is 4.74 Å². The van der Waals surface area contributed by atoms with Crippen molar-refractivity contribution in [1.82, 2.24) is 0 Å². The van der Waals surface area contributed by atoms with E-state index in [0.29, 0.717) is 0 Å². The Balaban J connectivity index is 2.44. The zero-order chi connectivity index (χ0) is 12.4. The van der Waals surface area contributed by atoms with E-state index in [0.717, 1.165) is 22.1 Å². The first kappa shape index (κ1) is 11.9. The SMILES string of the molecule is COc1ccc2cc([C@@H](O)[C@@H](C)O)ccc2c1. The van der Waals surface area contributed by atoms with Crippen LogP contribution in [0.3, 0.4) is 0 Å². The van der Waals surface area contributed by atoms with Gasteiger partial charge in [0.15, 0.2) is 0 Å². The monoisotopic (exact) mass is 232 g/mol. The maximum absolute atomic E-state index is 9.78. The van der Waals surface area contributed by atoms with Crippen molar-refractivity contribution in [3.63, 3.8) is 0 Å². The standard InChI is InChI=1S/C14H16O3/c1-9(15)14(16)12-4-3-11-8-13(17-2)6-5-10(11)7-12/h3-9,14-16H,1-2H3/t9-,14+/m1/s1. The summed E-state index contributed by atoms with van der Waals surface area (Å²) in [5, 5.41) is 21.2. The molecule has 0 aliphatic heterocycles. The third-order valence-electron chi connectivity index (χ3n) is 2.87. The highest BCUT2D eigenvalue weighted by molar-refractivity contribution is 5.84. The van der Waals surface area contributed by atoms with Gasteiger partial charge in [0.05, 0.1) is 13.2 Å².